The molecular formula is C21H23N5O2S. The maximum Gasteiger partial charge on any atom is 0.228 e. The van der Waals surface area contributed by atoms with Crippen LogP contribution in [0.4, 0.5) is 10.8 Å². The van der Waals surface area contributed by atoms with E-state index < -0.39 is 0 Å². The number of anilines is 2. The molecule has 0 unspecified atom stereocenters. The molecule has 0 spiro atoms. The van der Waals surface area contributed by atoms with Crippen LogP contribution in [0.25, 0.3) is 10.4 Å². The molecule has 4 N–H and O–H groups in total. The second kappa shape index (κ2) is 8.18. The molecule has 2 aromatic heterocycles. The van der Waals surface area contributed by atoms with Crippen LogP contribution in [-0.4, -0.2) is 35.6 Å². The number of carbonyl (C=O) groups excluding carboxylic acids is 1. The number of ether oxygens (including phenoxy) is 1. The lowest BCUT2D eigenvalue weighted by atomic mass is 10.1. The molecule has 29 heavy (non-hydrogen) atoms. The molecule has 1 aromatic carbocycles. The van der Waals surface area contributed by atoms with E-state index in [0.29, 0.717) is 19.4 Å². The van der Waals surface area contributed by atoms with E-state index in [1.54, 1.807) is 18.4 Å². The Balaban J connectivity index is 1.36. The Bertz CT molecular complexity index is 1050. The highest BCUT2D eigenvalue weighted by Gasteiger charge is 2.18. The minimum Gasteiger partial charge on any atom is -0.495 e. The molecule has 7 nitrogen and oxygen atoms in total. The van der Waals surface area contributed by atoms with Crippen LogP contribution in [0.15, 0.2) is 36.7 Å². The molecule has 0 radical (unpaired) electrons. The summed E-state index contributed by atoms with van der Waals surface area (Å²) in [6.07, 6.45) is 4.81. The molecular weight excluding hydrogens is 386 g/mol. The average Bonchev–Trinajstić information content (AvgIpc) is 3.32. The van der Waals surface area contributed by atoms with Gasteiger partial charge in [-0.15, -0.1) is 0 Å². The number of fused-ring (bicyclic) bond motifs is 1. The number of benzene rings is 1. The minimum absolute atomic E-state index is 0.0409. The average molecular weight is 410 g/mol. The molecule has 150 valence electrons. The first-order valence-corrected chi connectivity index (χ1v) is 10.2. The van der Waals surface area contributed by atoms with Gasteiger partial charge in [-0.25, -0.2) is 4.98 Å². The van der Waals surface area contributed by atoms with Gasteiger partial charge in [-0.2, -0.15) is 0 Å². The molecule has 1 atom stereocenters. The molecule has 3 heterocycles. The van der Waals surface area contributed by atoms with Crippen LogP contribution in [0.2, 0.25) is 0 Å². The number of hydrogen-bond acceptors (Lipinski definition) is 7. The van der Waals surface area contributed by atoms with Gasteiger partial charge in [-0.3, -0.25) is 9.78 Å². The third kappa shape index (κ3) is 4.38. The first kappa shape index (κ1) is 19.4. The molecule has 1 aliphatic heterocycles. The zero-order chi connectivity index (χ0) is 20.4. The van der Waals surface area contributed by atoms with Crippen LogP contribution in [0.3, 0.4) is 0 Å². The Morgan fingerprint density at radius 2 is 2.17 bits per heavy atom. The summed E-state index contributed by atoms with van der Waals surface area (Å²) >= 11 is 1.57. The number of nitrogens with zero attached hydrogens (tertiary/aromatic N) is 2. The number of methoxy groups -OCH3 is 1. The first-order valence-electron chi connectivity index (χ1n) is 9.40. The van der Waals surface area contributed by atoms with Crippen molar-refractivity contribution in [1.29, 1.82) is 0 Å². The number of nitrogens with one attached hydrogen (secondary N) is 2. The highest BCUT2D eigenvalue weighted by Crippen LogP contribution is 2.33. The lowest BCUT2D eigenvalue weighted by Gasteiger charge is -2.13. The van der Waals surface area contributed by atoms with Crippen molar-refractivity contribution in [3.8, 4) is 16.2 Å². The Hall–Kier alpha value is -2.97. The zero-order valence-corrected chi connectivity index (χ0v) is 17.2. The van der Waals surface area contributed by atoms with Crippen molar-refractivity contribution in [3.63, 3.8) is 0 Å². The van der Waals surface area contributed by atoms with E-state index in [2.05, 4.69) is 20.6 Å². The van der Waals surface area contributed by atoms with Gasteiger partial charge in [0.05, 0.1) is 24.1 Å². The highest BCUT2D eigenvalue weighted by molar-refractivity contribution is 7.18. The molecule has 0 saturated heterocycles. The Morgan fingerprint density at radius 3 is 3.00 bits per heavy atom. The third-order valence-corrected chi connectivity index (χ3v) is 5.86. The summed E-state index contributed by atoms with van der Waals surface area (Å²) in [5, 5.41) is 7.00. The van der Waals surface area contributed by atoms with E-state index in [4.69, 9.17) is 10.5 Å². The van der Waals surface area contributed by atoms with E-state index in [1.807, 2.05) is 43.6 Å². The fourth-order valence-electron chi connectivity index (χ4n) is 3.34. The lowest BCUT2D eigenvalue weighted by Crippen LogP contribution is -2.31. The topological polar surface area (TPSA) is 102 Å². The van der Waals surface area contributed by atoms with Crippen molar-refractivity contribution in [2.45, 2.75) is 25.8 Å². The second-order valence-corrected chi connectivity index (χ2v) is 8.13. The van der Waals surface area contributed by atoms with Crippen molar-refractivity contribution in [2.24, 2.45) is 5.73 Å². The van der Waals surface area contributed by atoms with Crippen molar-refractivity contribution in [3.05, 3.63) is 53.5 Å². The van der Waals surface area contributed by atoms with E-state index in [0.717, 1.165) is 43.8 Å². The molecule has 0 bridgehead atoms. The highest BCUT2D eigenvalue weighted by atomic mass is 32.1. The number of thiazole rings is 1. The Morgan fingerprint density at radius 1 is 1.31 bits per heavy atom. The molecule has 1 aliphatic rings. The monoisotopic (exact) mass is 409 g/mol. The van der Waals surface area contributed by atoms with E-state index in [1.165, 1.54) is 0 Å². The third-order valence-electron chi connectivity index (χ3n) is 4.85. The van der Waals surface area contributed by atoms with Gasteiger partial charge in [0.15, 0.2) is 5.13 Å². The van der Waals surface area contributed by atoms with Gasteiger partial charge in [0, 0.05) is 30.7 Å². The first-order chi connectivity index (χ1) is 14.0. The number of amides is 1. The van der Waals surface area contributed by atoms with Gasteiger partial charge < -0.3 is 21.1 Å². The van der Waals surface area contributed by atoms with E-state index in [9.17, 15) is 4.79 Å². The fraction of sp³-hybridized carbons (Fsp3) is 0.286. The zero-order valence-electron chi connectivity index (χ0n) is 16.4. The maximum atomic E-state index is 11.5. The largest absolute Gasteiger partial charge is 0.495 e. The number of aromatic nitrogens is 2. The van der Waals surface area contributed by atoms with Crippen molar-refractivity contribution < 1.29 is 9.53 Å². The van der Waals surface area contributed by atoms with Crippen LogP contribution < -0.4 is 21.1 Å². The van der Waals surface area contributed by atoms with E-state index >= 15 is 0 Å². The van der Waals surface area contributed by atoms with Gasteiger partial charge in [0.2, 0.25) is 5.91 Å². The molecule has 4 rings (SSSR count). The quantitative estimate of drug-likeness (QED) is 0.554. The minimum atomic E-state index is -0.0753. The fourth-order valence-corrected chi connectivity index (χ4v) is 4.16. The predicted octanol–water partition coefficient (Wildman–Crippen LogP) is 3.00. The summed E-state index contributed by atoms with van der Waals surface area (Å²) in [5.41, 5.74) is 11.2. The summed E-state index contributed by atoms with van der Waals surface area (Å²) in [7, 11) is 1.64. The summed E-state index contributed by atoms with van der Waals surface area (Å²) in [6.45, 7) is 2.52. The molecule has 8 heteroatoms. The maximum absolute atomic E-state index is 11.5. The summed E-state index contributed by atoms with van der Waals surface area (Å²) in [6, 6.07) is 7.91. The SMILES string of the molecule is COc1cc(C[C@H](N)CNc2ncc(-c3ccc4c(c3)CC(=O)N4)s2)cnc1C. The summed E-state index contributed by atoms with van der Waals surface area (Å²) in [4.78, 5) is 21.4. The van der Waals surface area contributed by atoms with Crippen LogP contribution in [0.1, 0.15) is 16.8 Å². The van der Waals surface area contributed by atoms with Gasteiger partial charge in [-0.05, 0) is 48.2 Å². The van der Waals surface area contributed by atoms with Gasteiger partial charge in [0.25, 0.3) is 0 Å². The van der Waals surface area contributed by atoms with Gasteiger partial charge in [0.1, 0.15) is 5.75 Å². The summed E-state index contributed by atoms with van der Waals surface area (Å²) in [5.74, 6) is 0.817. The second-order valence-electron chi connectivity index (χ2n) is 7.10. The number of carbonyl (C=O) groups is 1. The van der Waals surface area contributed by atoms with Crippen molar-refractivity contribution in [2.75, 3.05) is 24.3 Å². The van der Waals surface area contributed by atoms with Gasteiger partial charge >= 0.3 is 0 Å². The normalized spacial score (nSPS) is 13.7. The Kier molecular flexibility index (Phi) is 5.46. The van der Waals surface area contributed by atoms with Crippen LogP contribution in [0, 0.1) is 6.92 Å². The van der Waals surface area contributed by atoms with Crippen LogP contribution in [0.5, 0.6) is 5.75 Å². The van der Waals surface area contributed by atoms with E-state index in [-0.39, 0.29) is 11.9 Å². The standard InChI is InChI=1S/C21H23N5O2S/c1-12-18(28-2)6-13(9-23-12)5-16(22)10-24-21-25-11-19(29-21)14-3-4-17-15(7-14)8-20(27)26-17/h3-4,6-7,9,11,16H,5,8,10,22H2,1-2H3,(H,24,25)(H,26,27)/t16-/m0/s1. The van der Waals surface area contributed by atoms with Crippen LogP contribution in [-0.2, 0) is 17.6 Å². The predicted molar refractivity (Wildman–Crippen MR) is 116 cm³/mol. The van der Waals surface area contributed by atoms with Crippen LogP contribution >= 0.6 is 11.3 Å². The molecule has 0 saturated carbocycles. The van der Waals surface area contributed by atoms with Gasteiger partial charge in [-0.1, -0.05) is 17.4 Å². The Labute approximate surface area is 173 Å². The number of rotatable bonds is 7. The lowest BCUT2D eigenvalue weighted by molar-refractivity contribution is -0.115. The molecule has 0 fully saturated rings. The summed E-state index contributed by atoms with van der Waals surface area (Å²) < 4.78 is 5.33. The molecule has 1 amide bonds. The van der Waals surface area contributed by atoms with Crippen molar-refractivity contribution in [1.82, 2.24) is 9.97 Å². The molecule has 0 aliphatic carbocycles. The number of hydrogen-bond donors (Lipinski definition) is 3. The number of nitrogens with two attached hydrogens (primary N) is 1. The number of pyridine rings is 1. The number of aryl methyl sites for hydroxylation is 1. The smallest absolute Gasteiger partial charge is 0.228 e. The van der Waals surface area contributed by atoms with Crippen molar-refractivity contribution >= 4 is 28.1 Å². The molecule has 3 aromatic rings.